The van der Waals surface area contributed by atoms with Gasteiger partial charge in [-0.15, -0.1) is 0 Å². The fraction of sp³-hybridized carbons (Fsp3) is 0.429. The maximum atomic E-state index is 12.9. The third kappa shape index (κ3) is 3.32. The Kier molecular flexibility index (Phi) is 4.98. The Balaban J connectivity index is 1.63. The number of aryl methyl sites for hydroxylation is 1. The van der Waals surface area contributed by atoms with E-state index in [1.54, 1.807) is 7.05 Å². The van der Waals surface area contributed by atoms with Gasteiger partial charge in [-0.1, -0.05) is 0 Å². The number of hydrogen-bond acceptors (Lipinski definition) is 4. The molecule has 0 unspecified atom stereocenters. The summed E-state index contributed by atoms with van der Waals surface area (Å²) in [4.78, 5) is 32.1. The second-order valence-electron chi connectivity index (χ2n) is 7.33. The summed E-state index contributed by atoms with van der Waals surface area (Å²) in [6.07, 6.45) is 3.31. The zero-order valence-corrected chi connectivity index (χ0v) is 16.4. The first-order valence-corrected chi connectivity index (χ1v) is 9.84. The minimum absolute atomic E-state index is 0.0318. The van der Waals surface area contributed by atoms with Gasteiger partial charge in [0.15, 0.2) is 11.6 Å². The Labute approximate surface area is 164 Å². The molecule has 4 rings (SSSR count). The van der Waals surface area contributed by atoms with Crippen molar-refractivity contribution in [1.82, 2.24) is 15.2 Å². The molecule has 7 heteroatoms. The second-order valence-corrected chi connectivity index (χ2v) is 7.33. The molecule has 0 radical (unpaired) electrons. The molecule has 7 nitrogen and oxygen atoms in total. The zero-order chi connectivity index (χ0) is 19.7. The van der Waals surface area contributed by atoms with E-state index in [1.807, 2.05) is 36.1 Å². The van der Waals surface area contributed by atoms with Crippen molar-refractivity contribution in [3.05, 3.63) is 41.1 Å². The molecular formula is C21H26N4O3. The molecule has 2 aromatic rings. The fourth-order valence-electron chi connectivity index (χ4n) is 3.96. The normalized spacial score (nSPS) is 16.4. The van der Waals surface area contributed by atoms with Crippen LogP contribution in [0.4, 0.5) is 11.5 Å². The smallest absolute Gasteiger partial charge is 0.270 e. The van der Waals surface area contributed by atoms with Crippen molar-refractivity contribution in [2.75, 3.05) is 38.2 Å². The van der Waals surface area contributed by atoms with Gasteiger partial charge >= 0.3 is 0 Å². The lowest BCUT2D eigenvalue weighted by Gasteiger charge is -2.30. The van der Waals surface area contributed by atoms with Crippen molar-refractivity contribution >= 4 is 23.3 Å². The van der Waals surface area contributed by atoms with E-state index in [4.69, 9.17) is 4.74 Å². The van der Waals surface area contributed by atoms with Gasteiger partial charge in [0.2, 0.25) is 0 Å². The van der Waals surface area contributed by atoms with Crippen molar-refractivity contribution < 1.29 is 14.3 Å². The molecule has 2 aliphatic heterocycles. The molecule has 2 aliphatic rings. The van der Waals surface area contributed by atoms with Crippen molar-refractivity contribution in [1.29, 1.82) is 0 Å². The number of nitrogens with zero attached hydrogens (tertiary/aromatic N) is 2. The van der Waals surface area contributed by atoms with Crippen LogP contribution >= 0.6 is 0 Å². The number of piperidine rings is 1. The number of carbonyl (C=O) groups excluding carboxylic acids is 2. The van der Waals surface area contributed by atoms with Crippen LogP contribution in [-0.2, 0) is 0 Å². The van der Waals surface area contributed by atoms with E-state index in [1.165, 1.54) is 6.42 Å². The monoisotopic (exact) mass is 382 g/mol. The number of benzene rings is 1. The highest BCUT2D eigenvalue weighted by molar-refractivity contribution is 5.96. The quantitative estimate of drug-likeness (QED) is 0.856. The molecule has 0 spiro atoms. The Morgan fingerprint density at radius 2 is 1.89 bits per heavy atom. The number of ether oxygens (including phenoxy) is 1. The van der Waals surface area contributed by atoms with E-state index in [-0.39, 0.29) is 11.8 Å². The van der Waals surface area contributed by atoms with Crippen molar-refractivity contribution in [2.24, 2.45) is 0 Å². The first-order valence-electron chi connectivity index (χ1n) is 9.84. The Bertz CT molecular complexity index is 899. The summed E-state index contributed by atoms with van der Waals surface area (Å²) in [7, 11) is 1.62. The van der Waals surface area contributed by atoms with Crippen LogP contribution in [0.1, 0.15) is 45.7 Å². The van der Waals surface area contributed by atoms with Gasteiger partial charge in [-0.2, -0.15) is 0 Å². The summed E-state index contributed by atoms with van der Waals surface area (Å²) in [5, 5.41) is 2.65. The number of hydrogen-bond donors (Lipinski definition) is 2. The number of H-pyrrole nitrogens is 1. The maximum Gasteiger partial charge on any atom is 0.270 e. The Morgan fingerprint density at radius 3 is 2.61 bits per heavy atom. The van der Waals surface area contributed by atoms with Crippen LogP contribution in [0.15, 0.2) is 24.3 Å². The molecule has 0 bridgehead atoms. The minimum Gasteiger partial charge on any atom is -0.488 e. The molecule has 3 heterocycles. The van der Waals surface area contributed by atoms with Gasteiger partial charge in [0, 0.05) is 37.5 Å². The molecule has 28 heavy (non-hydrogen) atoms. The van der Waals surface area contributed by atoms with Crippen LogP contribution < -0.4 is 15.0 Å². The van der Waals surface area contributed by atoms with Gasteiger partial charge in [0.05, 0.1) is 6.54 Å². The highest BCUT2D eigenvalue weighted by Crippen LogP contribution is 2.38. The maximum absolute atomic E-state index is 12.9. The number of likely N-dealkylation sites (tertiary alicyclic amines) is 1. The summed E-state index contributed by atoms with van der Waals surface area (Å²) in [6, 6.07) is 7.46. The molecule has 0 saturated carbocycles. The number of carbonyl (C=O) groups is 2. The van der Waals surface area contributed by atoms with E-state index in [2.05, 4.69) is 15.2 Å². The van der Waals surface area contributed by atoms with Crippen LogP contribution in [0.3, 0.4) is 0 Å². The van der Waals surface area contributed by atoms with Gasteiger partial charge in [-0.3, -0.25) is 9.59 Å². The topological polar surface area (TPSA) is 77.7 Å². The predicted molar refractivity (Wildman–Crippen MR) is 108 cm³/mol. The van der Waals surface area contributed by atoms with E-state index in [9.17, 15) is 9.59 Å². The number of aromatic amines is 1. The summed E-state index contributed by atoms with van der Waals surface area (Å²) in [6.45, 7) is 4.82. The summed E-state index contributed by atoms with van der Waals surface area (Å²) in [5.74, 6) is 1.42. The molecule has 2 amide bonds. The van der Waals surface area contributed by atoms with Crippen molar-refractivity contribution in [3.8, 4) is 5.75 Å². The SMILES string of the molecule is CNC(=O)c1ccc(N2CCOc3cc(C(=O)N4CCCCC4)[nH]c32)c(C)c1. The van der Waals surface area contributed by atoms with Gasteiger partial charge in [-0.05, 0) is 49.9 Å². The average Bonchev–Trinajstić information content (AvgIpc) is 3.17. The van der Waals surface area contributed by atoms with E-state index in [0.717, 1.165) is 43.0 Å². The Morgan fingerprint density at radius 1 is 1.11 bits per heavy atom. The molecule has 0 atom stereocenters. The van der Waals surface area contributed by atoms with E-state index >= 15 is 0 Å². The first-order chi connectivity index (χ1) is 13.6. The summed E-state index contributed by atoms with van der Waals surface area (Å²) in [5.41, 5.74) is 3.19. The highest BCUT2D eigenvalue weighted by Gasteiger charge is 2.27. The molecule has 1 aromatic heterocycles. The van der Waals surface area contributed by atoms with Crippen molar-refractivity contribution in [3.63, 3.8) is 0 Å². The predicted octanol–water partition coefficient (Wildman–Crippen LogP) is 2.84. The van der Waals surface area contributed by atoms with Crippen LogP contribution in [0.2, 0.25) is 0 Å². The van der Waals surface area contributed by atoms with Crippen LogP contribution in [0.5, 0.6) is 5.75 Å². The average molecular weight is 382 g/mol. The number of fused-ring (bicyclic) bond motifs is 1. The van der Waals surface area contributed by atoms with E-state index in [0.29, 0.717) is 30.2 Å². The second kappa shape index (κ2) is 7.58. The van der Waals surface area contributed by atoms with Crippen LogP contribution in [-0.4, -0.2) is 55.0 Å². The molecule has 1 aromatic carbocycles. The number of aromatic nitrogens is 1. The summed E-state index contributed by atoms with van der Waals surface area (Å²) >= 11 is 0. The van der Waals surface area contributed by atoms with Crippen LogP contribution in [0.25, 0.3) is 0 Å². The molecular weight excluding hydrogens is 356 g/mol. The van der Waals surface area contributed by atoms with Gasteiger partial charge < -0.3 is 24.8 Å². The Hall–Kier alpha value is -2.96. The number of anilines is 2. The molecule has 0 aliphatic carbocycles. The third-order valence-corrected chi connectivity index (χ3v) is 5.45. The fourth-order valence-corrected chi connectivity index (χ4v) is 3.96. The highest BCUT2D eigenvalue weighted by atomic mass is 16.5. The summed E-state index contributed by atoms with van der Waals surface area (Å²) < 4.78 is 5.80. The molecule has 2 N–H and O–H groups in total. The lowest BCUT2D eigenvalue weighted by Crippen LogP contribution is -2.35. The number of nitrogens with one attached hydrogen (secondary N) is 2. The van der Waals surface area contributed by atoms with Gasteiger partial charge in [-0.25, -0.2) is 0 Å². The number of rotatable bonds is 3. The lowest BCUT2D eigenvalue weighted by molar-refractivity contribution is 0.0719. The van der Waals surface area contributed by atoms with Crippen molar-refractivity contribution in [2.45, 2.75) is 26.2 Å². The van der Waals surface area contributed by atoms with Gasteiger partial charge in [0.1, 0.15) is 12.3 Å². The zero-order valence-electron chi connectivity index (χ0n) is 16.4. The standard InChI is InChI=1S/C21H26N4O3/c1-14-12-15(20(26)22-2)6-7-17(14)25-10-11-28-18-13-16(23-19(18)25)21(27)24-8-4-3-5-9-24/h6-7,12-13,23H,3-5,8-11H2,1-2H3,(H,22,26). The first kappa shape index (κ1) is 18.4. The molecule has 1 saturated heterocycles. The minimum atomic E-state index is -0.105. The van der Waals surface area contributed by atoms with E-state index < -0.39 is 0 Å². The molecule has 148 valence electrons. The molecule has 1 fully saturated rings. The third-order valence-electron chi connectivity index (χ3n) is 5.45. The van der Waals surface area contributed by atoms with Crippen LogP contribution in [0, 0.1) is 6.92 Å². The number of amides is 2. The lowest BCUT2D eigenvalue weighted by atomic mass is 10.1. The largest absolute Gasteiger partial charge is 0.488 e. The van der Waals surface area contributed by atoms with Gasteiger partial charge in [0.25, 0.3) is 11.8 Å².